The van der Waals surface area contributed by atoms with Gasteiger partial charge in [-0.3, -0.25) is 0 Å². The first-order valence-corrected chi connectivity index (χ1v) is 6.90. The van der Waals surface area contributed by atoms with Gasteiger partial charge in [0.1, 0.15) is 6.10 Å². The van der Waals surface area contributed by atoms with Crippen LogP contribution in [0.3, 0.4) is 0 Å². The van der Waals surface area contributed by atoms with Crippen LogP contribution in [0.25, 0.3) is 5.69 Å². The van der Waals surface area contributed by atoms with Gasteiger partial charge < -0.3 is 19.7 Å². The number of rotatable bonds is 4. The summed E-state index contributed by atoms with van der Waals surface area (Å²) in [6.07, 6.45) is -1.57. The number of benzene rings is 1. The molecule has 0 amide bonds. The number of aromatic nitrogens is 2. The first-order chi connectivity index (χ1) is 10.2. The minimum Gasteiger partial charge on any atom is -0.448 e. The molecule has 0 bridgehead atoms. The van der Waals surface area contributed by atoms with Crippen LogP contribution < -0.4 is 4.74 Å². The second kappa shape index (κ2) is 5.85. The van der Waals surface area contributed by atoms with E-state index in [0.717, 1.165) is 11.4 Å². The average Bonchev–Trinajstić information content (AvgIpc) is 3.02. The molecule has 6 heteroatoms. The minimum atomic E-state index is -0.714. The van der Waals surface area contributed by atoms with E-state index in [-0.39, 0.29) is 6.61 Å². The van der Waals surface area contributed by atoms with Gasteiger partial charge in [0.25, 0.3) is 0 Å². The van der Waals surface area contributed by atoms with E-state index in [9.17, 15) is 5.11 Å². The third-order valence-electron chi connectivity index (χ3n) is 3.42. The monoisotopic (exact) mass is 290 g/mol. The van der Waals surface area contributed by atoms with Gasteiger partial charge in [0, 0.05) is 12.5 Å². The molecule has 0 saturated carbocycles. The van der Waals surface area contributed by atoms with Crippen LogP contribution in [0.15, 0.2) is 36.4 Å². The lowest BCUT2D eigenvalue weighted by Crippen LogP contribution is -2.25. The molecule has 3 rings (SSSR count). The van der Waals surface area contributed by atoms with Gasteiger partial charge in [0.2, 0.25) is 12.2 Å². The maximum atomic E-state index is 9.74. The van der Waals surface area contributed by atoms with Crippen LogP contribution in [0, 0.1) is 6.92 Å². The van der Waals surface area contributed by atoms with E-state index < -0.39 is 18.5 Å². The SMILES string of the molecule is Cc1cc(OC2C[C@H](O)[C@@H](CO)O2)n(-c2ccccc2)n1. The second-order valence-corrected chi connectivity index (χ2v) is 5.08. The Morgan fingerprint density at radius 1 is 1.38 bits per heavy atom. The summed E-state index contributed by atoms with van der Waals surface area (Å²) in [5.74, 6) is 0.550. The van der Waals surface area contributed by atoms with E-state index in [4.69, 9.17) is 14.6 Å². The molecule has 1 fully saturated rings. The highest BCUT2D eigenvalue weighted by Crippen LogP contribution is 2.26. The van der Waals surface area contributed by atoms with E-state index in [1.54, 1.807) is 4.68 Å². The molecule has 112 valence electrons. The van der Waals surface area contributed by atoms with Crippen molar-refractivity contribution in [1.29, 1.82) is 0 Å². The molecular formula is C15H18N2O4. The van der Waals surface area contributed by atoms with Crippen LogP contribution in [0.4, 0.5) is 0 Å². The number of aliphatic hydroxyl groups is 2. The van der Waals surface area contributed by atoms with Crippen LogP contribution in [-0.4, -0.2) is 45.1 Å². The summed E-state index contributed by atoms with van der Waals surface area (Å²) in [6.45, 7) is 1.66. The van der Waals surface area contributed by atoms with Crippen LogP contribution >= 0.6 is 0 Å². The predicted octanol–water partition coefficient (Wildman–Crippen LogP) is 1.03. The number of aliphatic hydroxyl groups excluding tert-OH is 2. The summed E-state index contributed by atoms with van der Waals surface area (Å²) >= 11 is 0. The van der Waals surface area contributed by atoms with Crippen molar-refractivity contribution in [3.8, 4) is 11.6 Å². The normalized spacial score (nSPS) is 25.2. The van der Waals surface area contributed by atoms with E-state index in [1.807, 2.05) is 43.3 Å². The van der Waals surface area contributed by atoms with Crippen molar-refractivity contribution in [2.45, 2.75) is 31.8 Å². The van der Waals surface area contributed by atoms with Gasteiger partial charge in [0.15, 0.2) is 0 Å². The van der Waals surface area contributed by atoms with Gasteiger partial charge in [-0.25, -0.2) is 4.68 Å². The highest BCUT2D eigenvalue weighted by molar-refractivity contribution is 5.35. The molecule has 3 atom stereocenters. The predicted molar refractivity (Wildman–Crippen MR) is 75.3 cm³/mol. The van der Waals surface area contributed by atoms with Gasteiger partial charge >= 0.3 is 0 Å². The lowest BCUT2D eigenvalue weighted by atomic mass is 10.2. The molecule has 0 aliphatic carbocycles. The number of aryl methyl sites for hydroxylation is 1. The van der Waals surface area contributed by atoms with Crippen molar-refractivity contribution in [2.75, 3.05) is 6.61 Å². The summed E-state index contributed by atoms with van der Waals surface area (Å²) in [5, 5.41) is 23.2. The zero-order valence-electron chi connectivity index (χ0n) is 11.7. The van der Waals surface area contributed by atoms with Crippen molar-refractivity contribution < 1.29 is 19.7 Å². The molecule has 1 aliphatic rings. The molecule has 1 aromatic heterocycles. The highest BCUT2D eigenvalue weighted by atomic mass is 16.7. The fourth-order valence-electron chi connectivity index (χ4n) is 2.38. The molecule has 1 saturated heterocycles. The average molecular weight is 290 g/mol. The molecular weight excluding hydrogens is 272 g/mol. The molecule has 1 unspecified atom stereocenters. The topological polar surface area (TPSA) is 76.7 Å². The van der Waals surface area contributed by atoms with Gasteiger partial charge in [-0.2, -0.15) is 5.10 Å². The third-order valence-corrected chi connectivity index (χ3v) is 3.42. The smallest absolute Gasteiger partial charge is 0.219 e. The number of hydrogen-bond acceptors (Lipinski definition) is 5. The Labute approximate surface area is 122 Å². The minimum absolute atomic E-state index is 0.224. The van der Waals surface area contributed by atoms with Gasteiger partial charge in [-0.05, 0) is 19.1 Å². The summed E-state index contributed by atoms with van der Waals surface area (Å²) in [4.78, 5) is 0. The zero-order chi connectivity index (χ0) is 14.8. The van der Waals surface area contributed by atoms with Crippen LogP contribution in [0.5, 0.6) is 5.88 Å². The van der Waals surface area contributed by atoms with Gasteiger partial charge in [0.05, 0.1) is 24.1 Å². The number of hydrogen-bond donors (Lipinski definition) is 2. The maximum absolute atomic E-state index is 9.74. The lowest BCUT2D eigenvalue weighted by molar-refractivity contribution is -0.0955. The van der Waals surface area contributed by atoms with E-state index >= 15 is 0 Å². The fourth-order valence-corrected chi connectivity index (χ4v) is 2.38. The van der Waals surface area contributed by atoms with Crippen LogP contribution in [0.1, 0.15) is 12.1 Å². The van der Waals surface area contributed by atoms with Gasteiger partial charge in [-0.1, -0.05) is 18.2 Å². The third kappa shape index (κ3) is 2.92. The fraction of sp³-hybridized carbons (Fsp3) is 0.400. The van der Waals surface area contributed by atoms with Crippen molar-refractivity contribution in [1.82, 2.24) is 9.78 Å². The molecule has 0 spiro atoms. The first kappa shape index (κ1) is 14.1. The quantitative estimate of drug-likeness (QED) is 0.879. The van der Waals surface area contributed by atoms with Crippen LogP contribution in [0.2, 0.25) is 0 Å². The van der Waals surface area contributed by atoms with Crippen molar-refractivity contribution in [3.63, 3.8) is 0 Å². The molecule has 0 radical (unpaired) electrons. The Morgan fingerprint density at radius 3 is 2.81 bits per heavy atom. The number of ether oxygens (including phenoxy) is 2. The Morgan fingerprint density at radius 2 is 2.14 bits per heavy atom. The van der Waals surface area contributed by atoms with E-state index in [0.29, 0.717) is 12.3 Å². The standard InChI is InChI=1S/C15H18N2O4/c1-10-7-14(17(16-10)11-5-3-2-4-6-11)21-15-8-12(19)13(9-18)20-15/h2-7,12-13,15,18-19H,8-9H2,1H3/t12-,13+,15?/m0/s1. The molecule has 1 aromatic carbocycles. The van der Waals surface area contributed by atoms with Gasteiger partial charge in [-0.15, -0.1) is 0 Å². The summed E-state index contributed by atoms with van der Waals surface area (Å²) < 4.78 is 12.9. The lowest BCUT2D eigenvalue weighted by Gasteiger charge is -2.15. The molecule has 2 heterocycles. The van der Waals surface area contributed by atoms with E-state index in [1.165, 1.54) is 0 Å². The Balaban J connectivity index is 1.81. The second-order valence-electron chi connectivity index (χ2n) is 5.08. The van der Waals surface area contributed by atoms with Crippen molar-refractivity contribution in [2.24, 2.45) is 0 Å². The Bertz CT molecular complexity index is 599. The first-order valence-electron chi connectivity index (χ1n) is 6.90. The zero-order valence-corrected chi connectivity index (χ0v) is 11.7. The summed E-state index contributed by atoms with van der Waals surface area (Å²) in [7, 11) is 0. The maximum Gasteiger partial charge on any atom is 0.219 e. The molecule has 6 nitrogen and oxygen atoms in total. The number of para-hydroxylation sites is 1. The van der Waals surface area contributed by atoms with Crippen molar-refractivity contribution in [3.05, 3.63) is 42.1 Å². The molecule has 2 aromatic rings. The Hall–Kier alpha value is -1.89. The molecule has 1 aliphatic heterocycles. The highest BCUT2D eigenvalue weighted by Gasteiger charge is 2.35. The molecule has 2 N–H and O–H groups in total. The Kier molecular flexibility index (Phi) is 3.92. The van der Waals surface area contributed by atoms with E-state index in [2.05, 4.69) is 5.10 Å². The largest absolute Gasteiger partial charge is 0.448 e. The van der Waals surface area contributed by atoms with Crippen molar-refractivity contribution >= 4 is 0 Å². The molecule has 21 heavy (non-hydrogen) atoms. The van der Waals surface area contributed by atoms with Crippen LogP contribution in [-0.2, 0) is 4.74 Å². The summed E-state index contributed by atoms with van der Waals surface area (Å²) in [6, 6.07) is 11.5. The summed E-state index contributed by atoms with van der Waals surface area (Å²) in [5.41, 5.74) is 1.71. The number of nitrogens with zero attached hydrogens (tertiary/aromatic N) is 2.